The molecule has 0 aliphatic carbocycles. The first-order valence-electron chi connectivity index (χ1n) is 19.5. The summed E-state index contributed by atoms with van der Waals surface area (Å²) in [5.74, 6) is -0.310. The van der Waals surface area contributed by atoms with E-state index in [1.54, 1.807) is 0 Å². The van der Waals surface area contributed by atoms with E-state index in [1.807, 2.05) is 6.92 Å². The molecule has 5 nitrogen and oxygen atoms in total. The molecule has 0 aromatic carbocycles. The highest BCUT2D eigenvalue weighted by Crippen LogP contribution is 2.13. The first-order chi connectivity index (χ1) is 22.2. The number of allylic oxidation sites excluding steroid dienone is 4. The SMILES string of the molecule is CCCCCCCC/C=C\CCCCCCC(NC(=O)CCCCCCC/C=C\CCCCCCCCCCO)C(=O)OCC. The summed E-state index contributed by atoms with van der Waals surface area (Å²) in [5, 5.41) is 11.8. The van der Waals surface area contributed by atoms with Gasteiger partial charge in [-0.2, -0.15) is 0 Å². The van der Waals surface area contributed by atoms with Crippen LogP contribution in [0.25, 0.3) is 0 Å². The summed E-state index contributed by atoms with van der Waals surface area (Å²) in [6, 6.07) is -0.510. The summed E-state index contributed by atoms with van der Waals surface area (Å²) in [4.78, 5) is 25.0. The van der Waals surface area contributed by atoms with Crippen molar-refractivity contribution >= 4 is 11.9 Å². The Morgan fingerprint density at radius 1 is 0.556 bits per heavy atom. The molecule has 0 radical (unpaired) electrons. The number of aliphatic hydroxyl groups is 1. The van der Waals surface area contributed by atoms with Gasteiger partial charge in [0, 0.05) is 13.0 Å². The Kier molecular flexibility index (Phi) is 35.5. The smallest absolute Gasteiger partial charge is 0.328 e. The van der Waals surface area contributed by atoms with Crippen LogP contribution >= 0.6 is 0 Å². The molecule has 1 amide bonds. The van der Waals surface area contributed by atoms with Crippen molar-refractivity contribution in [1.82, 2.24) is 5.32 Å². The number of nitrogens with one attached hydrogen (secondary N) is 1. The average molecular weight is 634 g/mol. The second-order valence-electron chi connectivity index (χ2n) is 13.0. The molecule has 0 bridgehead atoms. The minimum Gasteiger partial charge on any atom is -0.464 e. The van der Waals surface area contributed by atoms with Crippen LogP contribution in [-0.2, 0) is 14.3 Å². The molecule has 5 heteroatoms. The van der Waals surface area contributed by atoms with E-state index in [0.717, 1.165) is 57.8 Å². The number of aliphatic hydroxyl groups excluding tert-OH is 1. The fourth-order valence-electron chi connectivity index (χ4n) is 5.75. The van der Waals surface area contributed by atoms with Crippen molar-refractivity contribution in [1.29, 1.82) is 0 Å². The highest BCUT2D eigenvalue weighted by atomic mass is 16.5. The van der Waals surface area contributed by atoms with Crippen LogP contribution in [0.3, 0.4) is 0 Å². The van der Waals surface area contributed by atoms with Crippen LogP contribution in [0.5, 0.6) is 0 Å². The predicted octanol–water partition coefficient (Wildman–Crippen LogP) is 11.5. The number of carbonyl (C=O) groups is 2. The summed E-state index contributed by atoms with van der Waals surface area (Å²) in [6.45, 7) is 4.76. The van der Waals surface area contributed by atoms with Gasteiger partial charge in [-0.3, -0.25) is 4.79 Å². The molecule has 1 unspecified atom stereocenters. The van der Waals surface area contributed by atoms with E-state index in [0.29, 0.717) is 26.1 Å². The van der Waals surface area contributed by atoms with Gasteiger partial charge in [0.2, 0.25) is 5.91 Å². The van der Waals surface area contributed by atoms with Gasteiger partial charge in [0.1, 0.15) is 6.04 Å². The summed E-state index contributed by atoms with van der Waals surface area (Å²) < 4.78 is 5.24. The van der Waals surface area contributed by atoms with Gasteiger partial charge in [-0.1, -0.05) is 140 Å². The Morgan fingerprint density at radius 3 is 1.40 bits per heavy atom. The van der Waals surface area contributed by atoms with Crippen molar-refractivity contribution in [2.24, 2.45) is 0 Å². The third-order valence-electron chi connectivity index (χ3n) is 8.63. The molecule has 0 heterocycles. The molecule has 0 aliphatic heterocycles. The van der Waals surface area contributed by atoms with Crippen LogP contribution in [0.1, 0.15) is 200 Å². The van der Waals surface area contributed by atoms with Crippen LogP contribution in [0.15, 0.2) is 24.3 Å². The molecule has 0 saturated heterocycles. The summed E-state index contributed by atoms with van der Waals surface area (Å²) in [5.41, 5.74) is 0. The summed E-state index contributed by atoms with van der Waals surface area (Å²) in [6.07, 6.45) is 43.3. The molecule has 0 aromatic heterocycles. The van der Waals surface area contributed by atoms with Crippen molar-refractivity contribution in [2.75, 3.05) is 13.2 Å². The van der Waals surface area contributed by atoms with Crippen molar-refractivity contribution in [3.8, 4) is 0 Å². The zero-order chi connectivity index (χ0) is 32.9. The largest absolute Gasteiger partial charge is 0.464 e. The maximum Gasteiger partial charge on any atom is 0.328 e. The number of rotatable bonds is 35. The van der Waals surface area contributed by atoms with Crippen LogP contribution in [0.2, 0.25) is 0 Å². The summed E-state index contributed by atoms with van der Waals surface area (Å²) >= 11 is 0. The molecular formula is C40H75NO4. The van der Waals surface area contributed by atoms with Gasteiger partial charge in [-0.25, -0.2) is 4.79 Å². The Labute approximate surface area is 279 Å². The molecule has 264 valence electrons. The highest BCUT2D eigenvalue weighted by molar-refractivity contribution is 5.84. The van der Waals surface area contributed by atoms with Gasteiger partial charge in [0.05, 0.1) is 6.61 Å². The van der Waals surface area contributed by atoms with Crippen LogP contribution < -0.4 is 5.32 Å². The Morgan fingerprint density at radius 2 is 0.956 bits per heavy atom. The molecule has 0 saturated carbocycles. The number of esters is 1. The number of unbranched alkanes of at least 4 members (excludes halogenated alkanes) is 23. The minimum atomic E-state index is -0.510. The van der Waals surface area contributed by atoms with E-state index in [4.69, 9.17) is 9.84 Å². The number of hydrogen-bond acceptors (Lipinski definition) is 4. The number of amides is 1. The second-order valence-corrected chi connectivity index (χ2v) is 13.0. The van der Waals surface area contributed by atoms with Crippen molar-refractivity contribution in [2.45, 2.75) is 206 Å². The maximum atomic E-state index is 12.5. The molecule has 0 fully saturated rings. The lowest BCUT2D eigenvalue weighted by atomic mass is 10.0. The zero-order valence-corrected chi connectivity index (χ0v) is 30.0. The normalized spacial score (nSPS) is 12.3. The Hall–Kier alpha value is -1.62. The van der Waals surface area contributed by atoms with Gasteiger partial charge in [-0.15, -0.1) is 0 Å². The van der Waals surface area contributed by atoms with Crippen molar-refractivity contribution in [3.05, 3.63) is 24.3 Å². The molecule has 2 N–H and O–H groups in total. The Balaban J connectivity index is 3.78. The lowest BCUT2D eigenvalue weighted by Gasteiger charge is -2.17. The quantitative estimate of drug-likeness (QED) is 0.0413. The number of ether oxygens (including phenoxy) is 1. The second kappa shape index (κ2) is 36.8. The third kappa shape index (κ3) is 33.6. The van der Waals surface area contributed by atoms with Gasteiger partial charge in [-0.05, 0) is 77.6 Å². The monoisotopic (exact) mass is 634 g/mol. The Bertz CT molecular complexity index is 690. The lowest BCUT2D eigenvalue weighted by molar-refractivity contribution is -0.147. The molecule has 45 heavy (non-hydrogen) atoms. The fraction of sp³-hybridized carbons (Fsp3) is 0.850. The van der Waals surface area contributed by atoms with Crippen LogP contribution in [-0.4, -0.2) is 36.2 Å². The van der Waals surface area contributed by atoms with E-state index in [9.17, 15) is 9.59 Å². The van der Waals surface area contributed by atoms with E-state index in [-0.39, 0.29) is 11.9 Å². The standard InChI is InChI=1S/C40H75NO4/c1-3-5-6-7-8-9-10-11-17-20-23-26-29-32-35-38(40(44)45-4-2)41-39(43)36-33-30-27-24-21-18-15-13-12-14-16-19-22-25-28-31-34-37-42/h11,13,15,17,38,42H,3-10,12,14,16,18-37H2,1-2H3,(H,41,43)/b15-13-,17-11-. The van der Waals surface area contributed by atoms with Crippen molar-refractivity contribution in [3.63, 3.8) is 0 Å². The first kappa shape index (κ1) is 43.4. The third-order valence-corrected chi connectivity index (χ3v) is 8.63. The number of carbonyl (C=O) groups excluding carboxylic acids is 2. The minimum absolute atomic E-state index is 0.0202. The van der Waals surface area contributed by atoms with Gasteiger partial charge in [0.25, 0.3) is 0 Å². The van der Waals surface area contributed by atoms with Crippen molar-refractivity contribution < 1.29 is 19.4 Å². The van der Waals surface area contributed by atoms with Gasteiger partial charge >= 0.3 is 5.97 Å². The summed E-state index contributed by atoms with van der Waals surface area (Å²) in [7, 11) is 0. The number of hydrogen-bond donors (Lipinski definition) is 2. The maximum absolute atomic E-state index is 12.5. The molecule has 1 atom stereocenters. The topological polar surface area (TPSA) is 75.6 Å². The van der Waals surface area contributed by atoms with E-state index >= 15 is 0 Å². The predicted molar refractivity (Wildman–Crippen MR) is 193 cm³/mol. The molecular weight excluding hydrogens is 558 g/mol. The molecule has 0 rings (SSSR count). The molecule has 0 aromatic rings. The van der Waals surface area contributed by atoms with E-state index in [2.05, 4.69) is 36.5 Å². The fourth-order valence-corrected chi connectivity index (χ4v) is 5.75. The first-order valence-corrected chi connectivity index (χ1v) is 19.5. The van der Waals surface area contributed by atoms with Gasteiger partial charge in [0.15, 0.2) is 0 Å². The zero-order valence-electron chi connectivity index (χ0n) is 30.0. The van der Waals surface area contributed by atoms with E-state index < -0.39 is 6.04 Å². The molecule has 0 spiro atoms. The molecule has 0 aliphatic rings. The van der Waals surface area contributed by atoms with Crippen LogP contribution in [0, 0.1) is 0 Å². The van der Waals surface area contributed by atoms with E-state index in [1.165, 1.54) is 116 Å². The van der Waals surface area contributed by atoms with Gasteiger partial charge < -0.3 is 15.2 Å². The highest BCUT2D eigenvalue weighted by Gasteiger charge is 2.21. The van der Waals surface area contributed by atoms with Crippen LogP contribution in [0.4, 0.5) is 0 Å². The lowest BCUT2D eigenvalue weighted by Crippen LogP contribution is -2.41. The average Bonchev–Trinajstić information content (AvgIpc) is 3.03.